The zero-order valence-corrected chi connectivity index (χ0v) is 7.63. The van der Waals surface area contributed by atoms with Crippen LogP contribution in [0.4, 0.5) is 0 Å². The van der Waals surface area contributed by atoms with E-state index in [1.807, 2.05) is 0 Å². The van der Waals surface area contributed by atoms with Crippen molar-refractivity contribution >= 4 is 21.7 Å². The molecule has 1 rings (SSSR count). The lowest BCUT2D eigenvalue weighted by Gasteiger charge is -1.95. The molecule has 1 heterocycles. The third-order valence-electron chi connectivity index (χ3n) is 1.31. The van der Waals surface area contributed by atoms with Gasteiger partial charge in [0.15, 0.2) is 0 Å². The number of rotatable bonds is 2. The monoisotopic (exact) mass is 214 g/mol. The van der Waals surface area contributed by atoms with Gasteiger partial charge in [-0.3, -0.25) is 9.48 Å². The molecule has 0 atom stereocenters. The highest BCUT2D eigenvalue weighted by Crippen LogP contribution is 2.15. The van der Waals surface area contributed by atoms with Crippen molar-refractivity contribution in [2.45, 2.75) is 0 Å². The van der Waals surface area contributed by atoms with Crippen molar-refractivity contribution in [3.63, 3.8) is 0 Å². The SMILES string of the molecule is C=CC(=O)c1c(Br)cnn1C. The molecule has 11 heavy (non-hydrogen) atoms. The summed E-state index contributed by atoms with van der Waals surface area (Å²) in [6.07, 6.45) is 2.85. The van der Waals surface area contributed by atoms with Crippen LogP contribution in [0.3, 0.4) is 0 Å². The highest BCUT2D eigenvalue weighted by atomic mass is 79.9. The molecule has 0 aliphatic carbocycles. The zero-order valence-electron chi connectivity index (χ0n) is 6.04. The van der Waals surface area contributed by atoms with Gasteiger partial charge in [0, 0.05) is 7.05 Å². The van der Waals surface area contributed by atoms with Gasteiger partial charge in [0.05, 0.1) is 10.7 Å². The van der Waals surface area contributed by atoms with E-state index >= 15 is 0 Å². The lowest BCUT2D eigenvalue weighted by molar-refractivity contribution is 0.103. The maximum atomic E-state index is 11.1. The van der Waals surface area contributed by atoms with Gasteiger partial charge in [0.2, 0.25) is 5.78 Å². The number of aryl methyl sites for hydroxylation is 1. The average Bonchev–Trinajstić information content (AvgIpc) is 2.30. The first-order valence-corrected chi connectivity index (χ1v) is 3.80. The van der Waals surface area contributed by atoms with Crippen LogP contribution >= 0.6 is 15.9 Å². The molecule has 0 fully saturated rings. The van der Waals surface area contributed by atoms with E-state index in [9.17, 15) is 4.79 Å². The molecule has 0 aliphatic heterocycles. The first-order valence-electron chi connectivity index (χ1n) is 3.01. The Bertz CT molecular complexity index is 284. The van der Waals surface area contributed by atoms with Crippen molar-refractivity contribution in [1.29, 1.82) is 0 Å². The van der Waals surface area contributed by atoms with Crippen molar-refractivity contribution in [2.24, 2.45) is 7.05 Å². The van der Waals surface area contributed by atoms with Crippen LogP contribution in [0.1, 0.15) is 10.5 Å². The topological polar surface area (TPSA) is 34.9 Å². The van der Waals surface area contributed by atoms with Crippen molar-refractivity contribution < 1.29 is 4.79 Å². The van der Waals surface area contributed by atoms with Gasteiger partial charge < -0.3 is 0 Å². The van der Waals surface area contributed by atoms with Crippen molar-refractivity contribution in [3.8, 4) is 0 Å². The third-order valence-corrected chi connectivity index (χ3v) is 1.89. The van der Waals surface area contributed by atoms with E-state index in [0.29, 0.717) is 10.2 Å². The number of nitrogens with zero attached hydrogens (tertiary/aromatic N) is 2. The van der Waals surface area contributed by atoms with E-state index in [1.54, 1.807) is 13.2 Å². The minimum Gasteiger partial charge on any atom is -0.288 e. The fourth-order valence-corrected chi connectivity index (χ4v) is 1.33. The Hall–Kier alpha value is -0.900. The molecule has 0 radical (unpaired) electrons. The van der Waals surface area contributed by atoms with Crippen molar-refractivity contribution in [3.05, 3.63) is 29.0 Å². The molecule has 0 aliphatic rings. The van der Waals surface area contributed by atoms with E-state index in [-0.39, 0.29) is 5.78 Å². The van der Waals surface area contributed by atoms with Gasteiger partial charge in [-0.25, -0.2) is 0 Å². The Morgan fingerprint density at radius 3 is 2.91 bits per heavy atom. The lowest BCUT2D eigenvalue weighted by Crippen LogP contribution is -2.04. The largest absolute Gasteiger partial charge is 0.288 e. The average molecular weight is 215 g/mol. The molecule has 0 saturated carbocycles. The number of aromatic nitrogens is 2. The summed E-state index contributed by atoms with van der Waals surface area (Å²) in [7, 11) is 1.71. The summed E-state index contributed by atoms with van der Waals surface area (Å²) in [5, 5.41) is 3.89. The summed E-state index contributed by atoms with van der Waals surface area (Å²) in [6, 6.07) is 0. The van der Waals surface area contributed by atoms with Gasteiger partial charge in [0.1, 0.15) is 5.69 Å². The normalized spacial score (nSPS) is 9.64. The number of allylic oxidation sites excluding steroid dienone is 1. The van der Waals surface area contributed by atoms with E-state index in [4.69, 9.17) is 0 Å². The molecule has 4 heteroatoms. The van der Waals surface area contributed by atoms with Crippen LogP contribution in [0.5, 0.6) is 0 Å². The quantitative estimate of drug-likeness (QED) is 0.554. The summed E-state index contributed by atoms with van der Waals surface area (Å²) in [5.74, 6) is -0.128. The zero-order chi connectivity index (χ0) is 8.43. The van der Waals surface area contributed by atoms with E-state index in [2.05, 4.69) is 27.6 Å². The summed E-state index contributed by atoms with van der Waals surface area (Å²) in [4.78, 5) is 11.1. The lowest BCUT2D eigenvalue weighted by atomic mass is 10.3. The van der Waals surface area contributed by atoms with E-state index in [1.165, 1.54) is 10.8 Å². The summed E-state index contributed by atoms with van der Waals surface area (Å²) >= 11 is 3.21. The molecule has 0 amide bonds. The number of carbonyl (C=O) groups excluding carboxylic acids is 1. The predicted molar refractivity (Wildman–Crippen MR) is 45.4 cm³/mol. The number of hydrogen-bond donors (Lipinski definition) is 0. The molecule has 1 aromatic rings. The van der Waals surface area contributed by atoms with Crippen LogP contribution < -0.4 is 0 Å². The van der Waals surface area contributed by atoms with Crippen LogP contribution in [0.25, 0.3) is 0 Å². The van der Waals surface area contributed by atoms with E-state index in [0.717, 1.165) is 0 Å². The second-order valence-electron chi connectivity index (χ2n) is 2.03. The van der Waals surface area contributed by atoms with Crippen molar-refractivity contribution in [2.75, 3.05) is 0 Å². The Kier molecular flexibility index (Phi) is 2.24. The van der Waals surface area contributed by atoms with Gasteiger partial charge in [-0.1, -0.05) is 6.58 Å². The van der Waals surface area contributed by atoms with Crippen molar-refractivity contribution in [1.82, 2.24) is 9.78 Å². The van der Waals surface area contributed by atoms with Crippen LogP contribution in [-0.2, 0) is 7.05 Å². The first-order chi connectivity index (χ1) is 5.16. The fourth-order valence-electron chi connectivity index (χ4n) is 0.785. The Balaban J connectivity index is 3.20. The summed E-state index contributed by atoms with van der Waals surface area (Å²) < 4.78 is 2.21. The van der Waals surface area contributed by atoms with Crippen LogP contribution in [0.2, 0.25) is 0 Å². The molecule has 0 N–H and O–H groups in total. The second-order valence-corrected chi connectivity index (χ2v) is 2.89. The summed E-state index contributed by atoms with van der Waals surface area (Å²) in [6.45, 7) is 3.39. The molecule has 0 aromatic carbocycles. The number of halogens is 1. The van der Waals surface area contributed by atoms with Crippen LogP contribution in [-0.4, -0.2) is 15.6 Å². The molecule has 0 spiro atoms. The minimum absolute atomic E-state index is 0.128. The maximum Gasteiger partial charge on any atom is 0.204 e. The van der Waals surface area contributed by atoms with Gasteiger partial charge in [-0.15, -0.1) is 0 Å². The second kappa shape index (κ2) is 3.00. The summed E-state index contributed by atoms with van der Waals surface area (Å²) in [5.41, 5.74) is 0.528. The Morgan fingerprint density at radius 1 is 1.91 bits per heavy atom. The molecular weight excluding hydrogens is 208 g/mol. The third kappa shape index (κ3) is 1.40. The van der Waals surface area contributed by atoms with Crippen LogP contribution in [0, 0.1) is 0 Å². The van der Waals surface area contributed by atoms with Crippen LogP contribution in [0.15, 0.2) is 23.3 Å². The molecule has 1 aromatic heterocycles. The van der Waals surface area contributed by atoms with Gasteiger partial charge >= 0.3 is 0 Å². The highest BCUT2D eigenvalue weighted by Gasteiger charge is 2.10. The Morgan fingerprint density at radius 2 is 2.55 bits per heavy atom. The number of ketones is 1. The molecule has 3 nitrogen and oxygen atoms in total. The van der Waals surface area contributed by atoms with Gasteiger partial charge in [-0.2, -0.15) is 5.10 Å². The first kappa shape index (κ1) is 8.20. The molecule has 0 bridgehead atoms. The smallest absolute Gasteiger partial charge is 0.204 e. The molecular formula is C7H7BrN2O. The number of carbonyl (C=O) groups is 1. The highest BCUT2D eigenvalue weighted by molar-refractivity contribution is 9.10. The maximum absolute atomic E-state index is 11.1. The van der Waals surface area contributed by atoms with Gasteiger partial charge in [0.25, 0.3) is 0 Å². The Labute approximate surface area is 72.8 Å². The molecule has 0 unspecified atom stereocenters. The predicted octanol–water partition coefficient (Wildman–Crippen LogP) is 1.55. The minimum atomic E-state index is -0.128. The molecule has 0 saturated heterocycles. The standard InChI is InChI=1S/C7H7BrN2O/c1-3-6(11)7-5(8)4-9-10(7)2/h3-4H,1H2,2H3. The fraction of sp³-hybridized carbons (Fsp3) is 0.143. The van der Waals surface area contributed by atoms with Gasteiger partial charge in [-0.05, 0) is 22.0 Å². The van der Waals surface area contributed by atoms with E-state index < -0.39 is 0 Å². The molecule has 58 valence electrons. The number of hydrogen-bond acceptors (Lipinski definition) is 2.